The molecule has 88 valence electrons. The Labute approximate surface area is 104 Å². The molecule has 3 nitrogen and oxygen atoms in total. The zero-order valence-corrected chi connectivity index (χ0v) is 10.7. The van der Waals surface area contributed by atoms with Gasteiger partial charge in [-0.3, -0.25) is 4.84 Å². The van der Waals surface area contributed by atoms with Crippen molar-refractivity contribution in [1.82, 2.24) is 5.48 Å². The average Bonchev–Trinajstić information content (AvgIpc) is 2.76. The van der Waals surface area contributed by atoms with Crippen molar-refractivity contribution in [3.8, 4) is 5.75 Å². The summed E-state index contributed by atoms with van der Waals surface area (Å²) in [4.78, 5) is 5.55. The molecule has 1 aromatic rings. The highest BCUT2D eigenvalue weighted by molar-refractivity contribution is 9.10. The van der Waals surface area contributed by atoms with E-state index in [-0.39, 0.29) is 5.75 Å². The SMILES string of the molecule is Oc1ccc(CNOC2CCCC2)cc1Br. The zero-order valence-electron chi connectivity index (χ0n) is 9.08. The molecule has 2 rings (SSSR count). The Morgan fingerprint density at radius 2 is 2.12 bits per heavy atom. The van der Waals surface area contributed by atoms with E-state index in [1.165, 1.54) is 12.8 Å². The van der Waals surface area contributed by atoms with E-state index in [1.54, 1.807) is 6.07 Å². The second-order valence-corrected chi connectivity index (χ2v) is 4.99. The summed E-state index contributed by atoms with van der Waals surface area (Å²) in [6.07, 6.45) is 5.24. The molecule has 4 heteroatoms. The van der Waals surface area contributed by atoms with Crippen LogP contribution in [0.15, 0.2) is 22.7 Å². The quantitative estimate of drug-likeness (QED) is 0.836. The molecule has 0 aromatic heterocycles. The third-order valence-corrected chi connectivity index (χ3v) is 3.48. The van der Waals surface area contributed by atoms with Crippen LogP contribution in [0.5, 0.6) is 5.75 Å². The molecule has 0 bridgehead atoms. The van der Waals surface area contributed by atoms with E-state index in [2.05, 4.69) is 21.4 Å². The van der Waals surface area contributed by atoms with Crippen LogP contribution in [0.1, 0.15) is 31.2 Å². The third-order valence-electron chi connectivity index (χ3n) is 2.84. The Morgan fingerprint density at radius 3 is 2.81 bits per heavy atom. The minimum atomic E-state index is 0.264. The van der Waals surface area contributed by atoms with Crippen molar-refractivity contribution in [2.24, 2.45) is 0 Å². The van der Waals surface area contributed by atoms with Gasteiger partial charge >= 0.3 is 0 Å². The lowest BCUT2D eigenvalue weighted by Gasteiger charge is -2.11. The van der Waals surface area contributed by atoms with Crippen molar-refractivity contribution in [3.05, 3.63) is 28.2 Å². The van der Waals surface area contributed by atoms with E-state index >= 15 is 0 Å². The highest BCUT2D eigenvalue weighted by Crippen LogP contribution is 2.24. The maximum Gasteiger partial charge on any atom is 0.129 e. The summed E-state index contributed by atoms with van der Waals surface area (Å²) < 4.78 is 0.715. The molecule has 16 heavy (non-hydrogen) atoms. The van der Waals surface area contributed by atoms with Crippen LogP contribution in [0.3, 0.4) is 0 Å². The summed E-state index contributed by atoms with van der Waals surface area (Å²) in [6.45, 7) is 0.662. The van der Waals surface area contributed by atoms with Crippen molar-refractivity contribution < 1.29 is 9.94 Å². The van der Waals surface area contributed by atoms with E-state index in [9.17, 15) is 5.11 Å². The van der Waals surface area contributed by atoms with Gasteiger partial charge in [0.1, 0.15) is 5.75 Å². The number of rotatable bonds is 4. The number of halogens is 1. The predicted molar refractivity (Wildman–Crippen MR) is 66.0 cm³/mol. The van der Waals surface area contributed by atoms with Crippen LogP contribution < -0.4 is 5.48 Å². The molecule has 0 atom stereocenters. The van der Waals surface area contributed by atoms with E-state index in [0.29, 0.717) is 17.1 Å². The molecule has 2 N–H and O–H groups in total. The number of nitrogens with one attached hydrogen (secondary N) is 1. The normalized spacial score (nSPS) is 16.8. The van der Waals surface area contributed by atoms with Crippen LogP contribution in [-0.4, -0.2) is 11.2 Å². The van der Waals surface area contributed by atoms with Gasteiger partial charge in [0.05, 0.1) is 10.6 Å². The van der Waals surface area contributed by atoms with Gasteiger partial charge < -0.3 is 5.11 Å². The van der Waals surface area contributed by atoms with Crippen LogP contribution in [0, 0.1) is 0 Å². The molecular formula is C12H16BrNO2. The van der Waals surface area contributed by atoms with E-state index in [0.717, 1.165) is 18.4 Å². The molecule has 0 spiro atoms. The fourth-order valence-electron chi connectivity index (χ4n) is 1.91. The van der Waals surface area contributed by atoms with Gasteiger partial charge in [0.2, 0.25) is 0 Å². The first-order valence-electron chi connectivity index (χ1n) is 5.61. The van der Waals surface area contributed by atoms with Crippen molar-refractivity contribution in [3.63, 3.8) is 0 Å². The van der Waals surface area contributed by atoms with Gasteiger partial charge in [-0.05, 0) is 46.5 Å². The summed E-state index contributed by atoms with van der Waals surface area (Å²) in [5.41, 5.74) is 4.07. The van der Waals surface area contributed by atoms with Gasteiger partial charge in [-0.2, -0.15) is 5.48 Å². The Balaban J connectivity index is 1.78. The maximum absolute atomic E-state index is 9.34. The van der Waals surface area contributed by atoms with Gasteiger partial charge in [-0.1, -0.05) is 18.9 Å². The topological polar surface area (TPSA) is 41.5 Å². The first kappa shape index (κ1) is 11.9. The molecule has 1 saturated carbocycles. The maximum atomic E-state index is 9.34. The Hall–Kier alpha value is -0.580. The monoisotopic (exact) mass is 285 g/mol. The molecule has 1 fully saturated rings. The fraction of sp³-hybridized carbons (Fsp3) is 0.500. The number of aromatic hydroxyl groups is 1. The van der Waals surface area contributed by atoms with E-state index < -0.39 is 0 Å². The summed E-state index contributed by atoms with van der Waals surface area (Å²) >= 11 is 3.29. The first-order chi connectivity index (χ1) is 7.75. The van der Waals surface area contributed by atoms with E-state index in [4.69, 9.17) is 4.84 Å². The second-order valence-electron chi connectivity index (χ2n) is 4.13. The lowest BCUT2D eigenvalue weighted by atomic mass is 10.2. The number of hydrogen-bond acceptors (Lipinski definition) is 3. The molecule has 0 heterocycles. The molecule has 1 aliphatic rings. The number of phenols is 1. The van der Waals surface area contributed by atoms with Crippen LogP contribution in [0.2, 0.25) is 0 Å². The van der Waals surface area contributed by atoms with Crippen LogP contribution >= 0.6 is 15.9 Å². The Kier molecular flexibility index (Phi) is 4.21. The predicted octanol–water partition coefficient (Wildman–Crippen LogP) is 3.12. The summed E-state index contributed by atoms with van der Waals surface area (Å²) in [5, 5.41) is 9.34. The molecule has 0 unspecified atom stereocenters. The molecule has 1 aliphatic carbocycles. The molecule has 0 amide bonds. The van der Waals surface area contributed by atoms with Gasteiger partial charge in [-0.25, -0.2) is 0 Å². The van der Waals surface area contributed by atoms with Crippen molar-refractivity contribution in [1.29, 1.82) is 0 Å². The lowest BCUT2D eigenvalue weighted by molar-refractivity contribution is -0.0244. The van der Waals surface area contributed by atoms with Crippen molar-refractivity contribution in [2.45, 2.75) is 38.3 Å². The summed E-state index contributed by atoms with van der Waals surface area (Å²) in [5.74, 6) is 0.264. The number of hydrogen-bond donors (Lipinski definition) is 2. The third kappa shape index (κ3) is 3.20. The van der Waals surface area contributed by atoms with Gasteiger partial charge in [0.15, 0.2) is 0 Å². The zero-order chi connectivity index (χ0) is 11.4. The number of hydroxylamine groups is 1. The minimum Gasteiger partial charge on any atom is -0.507 e. The minimum absolute atomic E-state index is 0.264. The largest absolute Gasteiger partial charge is 0.507 e. The van der Waals surface area contributed by atoms with Crippen molar-refractivity contribution >= 4 is 15.9 Å². The van der Waals surface area contributed by atoms with Crippen LogP contribution in [0.25, 0.3) is 0 Å². The highest BCUT2D eigenvalue weighted by Gasteiger charge is 2.15. The summed E-state index contributed by atoms with van der Waals surface area (Å²) in [7, 11) is 0. The first-order valence-corrected chi connectivity index (χ1v) is 6.41. The average molecular weight is 286 g/mol. The Bertz CT molecular complexity index is 351. The standard InChI is InChI=1S/C12H16BrNO2/c13-11-7-9(5-6-12(11)15)8-14-16-10-3-1-2-4-10/h5-7,10,14-15H,1-4,8H2. The number of phenolic OH excluding ortho intramolecular Hbond substituents is 1. The summed E-state index contributed by atoms with van der Waals surface area (Å²) in [6, 6.07) is 5.45. The van der Waals surface area contributed by atoms with E-state index in [1.807, 2.05) is 12.1 Å². The second kappa shape index (κ2) is 5.66. The van der Waals surface area contributed by atoms with Gasteiger partial charge in [0.25, 0.3) is 0 Å². The molecule has 0 radical (unpaired) electrons. The smallest absolute Gasteiger partial charge is 0.129 e. The highest BCUT2D eigenvalue weighted by atomic mass is 79.9. The van der Waals surface area contributed by atoms with Gasteiger partial charge in [-0.15, -0.1) is 0 Å². The molecule has 0 saturated heterocycles. The molecular weight excluding hydrogens is 270 g/mol. The van der Waals surface area contributed by atoms with Gasteiger partial charge in [0, 0.05) is 6.54 Å². The van der Waals surface area contributed by atoms with Crippen LogP contribution in [-0.2, 0) is 11.4 Å². The molecule has 1 aromatic carbocycles. The van der Waals surface area contributed by atoms with Crippen molar-refractivity contribution in [2.75, 3.05) is 0 Å². The molecule has 0 aliphatic heterocycles. The number of benzene rings is 1. The van der Waals surface area contributed by atoms with Crippen LogP contribution in [0.4, 0.5) is 0 Å². The fourth-order valence-corrected chi connectivity index (χ4v) is 2.34. The Morgan fingerprint density at radius 1 is 1.38 bits per heavy atom. The lowest BCUT2D eigenvalue weighted by Crippen LogP contribution is -2.21.